The lowest BCUT2D eigenvalue weighted by Crippen LogP contribution is -2.10. The van der Waals surface area contributed by atoms with Crippen LogP contribution in [0, 0.1) is 12.7 Å². The Kier molecular flexibility index (Phi) is 3.54. The summed E-state index contributed by atoms with van der Waals surface area (Å²) in [6, 6.07) is 3.81. The number of hydrogen-bond donors (Lipinski definition) is 1. The third kappa shape index (κ3) is 3.07. The van der Waals surface area contributed by atoms with E-state index in [0.717, 1.165) is 0 Å². The van der Waals surface area contributed by atoms with Gasteiger partial charge in [0.05, 0.1) is 0 Å². The number of benzene rings is 1. The van der Waals surface area contributed by atoms with Crippen molar-refractivity contribution < 1.29 is 27.1 Å². The Balaban J connectivity index is 2.27. The number of furan rings is 1. The lowest BCUT2D eigenvalue weighted by molar-refractivity contribution is -0.140. The molecule has 2 rings (SSSR count). The molecule has 104 valence electrons. The number of halogens is 4. The smallest absolute Gasteiger partial charge is 0.389 e. The molecule has 1 aromatic heterocycles. The lowest BCUT2D eigenvalue weighted by atomic mass is 10.1. The van der Waals surface area contributed by atoms with Crippen molar-refractivity contribution in [1.82, 2.24) is 0 Å². The zero-order valence-electron chi connectivity index (χ0n) is 10.1. The minimum Gasteiger partial charge on any atom is -0.458 e. The zero-order valence-corrected chi connectivity index (χ0v) is 10.1. The summed E-state index contributed by atoms with van der Waals surface area (Å²) in [7, 11) is 0. The summed E-state index contributed by atoms with van der Waals surface area (Å²) >= 11 is 0. The van der Waals surface area contributed by atoms with Gasteiger partial charge in [0, 0.05) is 17.4 Å². The molecule has 0 radical (unpaired) electrons. The summed E-state index contributed by atoms with van der Waals surface area (Å²) in [6.07, 6.45) is -7.25. The fourth-order valence-corrected chi connectivity index (χ4v) is 1.96. The van der Waals surface area contributed by atoms with Gasteiger partial charge in [-0.05, 0) is 31.5 Å². The van der Waals surface area contributed by atoms with Gasteiger partial charge in [-0.25, -0.2) is 4.39 Å². The minimum absolute atomic E-state index is 0.0600. The topological polar surface area (TPSA) is 33.4 Å². The largest absolute Gasteiger partial charge is 0.458 e. The summed E-state index contributed by atoms with van der Waals surface area (Å²) in [5, 5.41) is 10.2. The first kappa shape index (κ1) is 13.9. The third-order valence-corrected chi connectivity index (χ3v) is 2.94. The van der Waals surface area contributed by atoms with Crippen LogP contribution in [0.3, 0.4) is 0 Å². The van der Waals surface area contributed by atoms with E-state index in [4.69, 9.17) is 4.42 Å². The molecule has 0 aliphatic carbocycles. The van der Waals surface area contributed by atoms with Crippen molar-refractivity contribution in [3.8, 4) is 0 Å². The van der Waals surface area contributed by atoms with Gasteiger partial charge in [0.15, 0.2) is 0 Å². The van der Waals surface area contributed by atoms with Gasteiger partial charge in [-0.1, -0.05) is 0 Å². The molecule has 1 aromatic carbocycles. The van der Waals surface area contributed by atoms with Crippen molar-refractivity contribution >= 4 is 11.0 Å². The monoisotopic (exact) mass is 276 g/mol. The molecule has 0 amide bonds. The highest BCUT2D eigenvalue weighted by Crippen LogP contribution is 2.34. The number of hydrogen-bond acceptors (Lipinski definition) is 2. The maximum atomic E-state index is 13.1. The Morgan fingerprint density at radius 2 is 2.00 bits per heavy atom. The van der Waals surface area contributed by atoms with Gasteiger partial charge in [0.25, 0.3) is 0 Å². The number of fused-ring (bicyclic) bond motifs is 1. The molecule has 2 aromatic rings. The molecule has 1 heterocycles. The zero-order chi connectivity index (χ0) is 14.2. The molecule has 0 bridgehead atoms. The van der Waals surface area contributed by atoms with Gasteiger partial charge in [0.2, 0.25) is 0 Å². The molecule has 0 aliphatic heterocycles. The molecule has 0 saturated heterocycles. The fourth-order valence-electron chi connectivity index (χ4n) is 1.96. The van der Waals surface area contributed by atoms with Gasteiger partial charge in [-0.15, -0.1) is 0 Å². The van der Waals surface area contributed by atoms with E-state index >= 15 is 0 Å². The molecular weight excluding hydrogens is 264 g/mol. The Bertz CT molecular complexity index is 586. The van der Waals surface area contributed by atoms with Crippen LogP contribution in [-0.4, -0.2) is 11.3 Å². The summed E-state index contributed by atoms with van der Waals surface area (Å²) in [5.74, 6) is -0.405. The van der Waals surface area contributed by atoms with Crippen LogP contribution in [-0.2, 0) is 0 Å². The van der Waals surface area contributed by atoms with Crippen LogP contribution in [0.25, 0.3) is 11.0 Å². The minimum atomic E-state index is -4.33. The molecule has 0 spiro atoms. The maximum Gasteiger partial charge on any atom is 0.389 e. The highest BCUT2D eigenvalue weighted by Gasteiger charge is 2.29. The van der Waals surface area contributed by atoms with E-state index in [0.29, 0.717) is 16.5 Å². The molecule has 1 atom stereocenters. The van der Waals surface area contributed by atoms with Gasteiger partial charge in [-0.3, -0.25) is 0 Å². The van der Waals surface area contributed by atoms with Crippen LogP contribution in [0.1, 0.15) is 30.3 Å². The van der Waals surface area contributed by atoms with Crippen molar-refractivity contribution in [2.75, 3.05) is 0 Å². The molecule has 0 saturated carbocycles. The lowest BCUT2D eigenvalue weighted by Gasteiger charge is -2.10. The number of aryl methyl sites for hydroxylation is 1. The molecule has 6 heteroatoms. The van der Waals surface area contributed by atoms with Crippen molar-refractivity contribution in [2.45, 2.75) is 32.0 Å². The second kappa shape index (κ2) is 4.85. The average Bonchev–Trinajstić information content (AvgIpc) is 2.63. The average molecular weight is 276 g/mol. The Morgan fingerprint density at radius 1 is 1.32 bits per heavy atom. The van der Waals surface area contributed by atoms with Gasteiger partial charge < -0.3 is 9.52 Å². The number of aliphatic hydroxyl groups excluding tert-OH is 1. The molecule has 1 unspecified atom stereocenters. The van der Waals surface area contributed by atoms with E-state index in [9.17, 15) is 22.7 Å². The summed E-state index contributed by atoms with van der Waals surface area (Å²) in [6.45, 7) is 1.58. The number of rotatable bonds is 3. The van der Waals surface area contributed by atoms with E-state index in [1.807, 2.05) is 0 Å². The van der Waals surface area contributed by atoms with Crippen LogP contribution in [0.4, 0.5) is 17.6 Å². The van der Waals surface area contributed by atoms with E-state index < -0.39 is 30.9 Å². The summed E-state index contributed by atoms with van der Waals surface area (Å²) < 4.78 is 54.7. The van der Waals surface area contributed by atoms with Crippen LogP contribution in [0.15, 0.2) is 22.6 Å². The van der Waals surface area contributed by atoms with Crippen LogP contribution < -0.4 is 0 Å². The number of alkyl halides is 3. The van der Waals surface area contributed by atoms with Crippen LogP contribution in [0.2, 0.25) is 0 Å². The van der Waals surface area contributed by atoms with E-state index in [-0.39, 0.29) is 5.76 Å². The first-order valence-corrected chi connectivity index (χ1v) is 5.71. The Morgan fingerprint density at radius 3 is 2.63 bits per heavy atom. The predicted molar refractivity (Wildman–Crippen MR) is 61.2 cm³/mol. The quantitative estimate of drug-likeness (QED) is 0.850. The number of aliphatic hydroxyl groups is 1. The van der Waals surface area contributed by atoms with Crippen LogP contribution in [0.5, 0.6) is 0 Å². The van der Waals surface area contributed by atoms with Crippen molar-refractivity contribution in [3.63, 3.8) is 0 Å². The SMILES string of the molecule is Cc1c(C(O)CCC(F)(F)F)oc2ccc(F)cc12. The summed E-state index contributed by atoms with van der Waals surface area (Å²) in [4.78, 5) is 0. The van der Waals surface area contributed by atoms with Crippen LogP contribution >= 0.6 is 0 Å². The van der Waals surface area contributed by atoms with Gasteiger partial charge in [-0.2, -0.15) is 13.2 Å². The summed E-state index contributed by atoms with van der Waals surface area (Å²) in [5.41, 5.74) is 0.809. The van der Waals surface area contributed by atoms with E-state index in [1.54, 1.807) is 6.92 Å². The predicted octanol–water partition coefficient (Wildman–Crippen LogP) is 4.26. The first-order valence-electron chi connectivity index (χ1n) is 5.71. The Hall–Kier alpha value is -1.56. The van der Waals surface area contributed by atoms with Gasteiger partial charge >= 0.3 is 6.18 Å². The fraction of sp³-hybridized carbons (Fsp3) is 0.385. The molecule has 19 heavy (non-hydrogen) atoms. The van der Waals surface area contributed by atoms with E-state index in [1.165, 1.54) is 18.2 Å². The van der Waals surface area contributed by atoms with E-state index in [2.05, 4.69) is 0 Å². The Labute approximate surface area is 106 Å². The molecular formula is C13H12F4O2. The van der Waals surface area contributed by atoms with Crippen molar-refractivity contribution in [1.29, 1.82) is 0 Å². The standard InChI is InChI=1S/C13H12F4O2/c1-7-9-6-8(14)2-3-11(9)19-12(7)10(18)4-5-13(15,16)17/h2-3,6,10,18H,4-5H2,1H3. The molecule has 1 N–H and O–H groups in total. The normalized spacial score (nSPS) is 14.0. The highest BCUT2D eigenvalue weighted by atomic mass is 19.4. The second-order valence-corrected chi connectivity index (χ2v) is 4.40. The maximum absolute atomic E-state index is 13.1. The molecule has 0 aliphatic rings. The second-order valence-electron chi connectivity index (χ2n) is 4.40. The molecule has 2 nitrogen and oxygen atoms in total. The first-order chi connectivity index (χ1) is 8.78. The van der Waals surface area contributed by atoms with Gasteiger partial charge in [0.1, 0.15) is 23.3 Å². The molecule has 0 fully saturated rings. The van der Waals surface area contributed by atoms with Crippen molar-refractivity contribution in [3.05, 3.63) is 35.3 Å². The highest BCUT2D eigenvalue weighted by molar-refractivity contribution is 5.82. The third-order valence-electron chi connectivity index (χ3n) is 2.94. The van der Waals surface area contributed by atoms with Crippen molar-refractivity contribution in [2.24, 2.45) is 0 Å².